The van der Waals surface area contributed by atoms with Crippen LogP contribution in [0.4, 0.5) is 5.69 Å². The first-order valence-corrected chi connectivity index (χ1v) is 7.96. The number of allylic oxidation sites excluding steroid dienone is 2. The molecule has 2 aromatic rings. The van der Waals surface area contributed by atoms with Crippen molar-refractivity contribution in [1.82, 2.24) is 15.3 Å². The van der Waals surface area contributed by atoms with Gasteiger partial charge in [-0.2, -0.15) is 21.0 Å². The van der Waals surface area contributed by atoms with Gasteiger partial charge < -0.3 is 16.8 Å². The second kappa shape index (κ2) is 5.85. The molecule has 0 spiro atoms. The van der Waals surface area contributed by atoms with Gasteiger partial charge in [0.1, 0.15) is 30.1 Å². The zero-order valence-electron chi connectivity index (χ0n) is 14.1. The van der Waals surface area contributed by atoms with Crippen molar-refractivity contribution in [3.05, 3.63) is 57.8 Å². The number of nitrogens with two attached hydrogens (primary N) is 2. The number of nitrogens with one attached hydrogen (secondary N) is 1. The van der Waals surface area contributed by atoms with Crippen molar-refractivity contribution >= 4 is 11.3 Å². The number of nitrogens with zero attached hydrogens (tertiary/aromatic N) is 6. The van der Waals surface area contributed by atoms with E-state index in [1.165, 1.54) is 6.07 Å². The van der Waals surface area contributed by atoms with Crippen LogP contribution in [0.3, 0.4) is 0 Å². The van der Waals surface area contributed by atoms with Crippen molar-refractivity contribution in [2.24, 2.45) is 5.73 Å². The largest absolute Gasteiger partial charge is 0.396 e. The molecule has 4 rings (SSSR count). The van der Waals surface area contributed by atoms with Gasteiger partial charge in [-0.05, 0) is 23.8 Å². The molecule has 130 valence electrons. The number of nitriles is 4. The molecular weight excluding hydrogens is 354 g/mol. The molecule has 0 fully saturated rings. The Bertz CT molecular complexity index is 1300. The first-order chi connectivity index (χ1) is 13.5. The summed E-state index contributed by atoms with van der Waals surface area (Å²) < 4.78 is 0. The summed E-state index contributed by atoms with van der Waals surface area (Å²) in [5.41, 5.74) is 15.0. The quantitative estimate of drug-likeness (QED) is 0.615. The number of rotatable bonds is 0. The van der Waals surface area contributed by atoms with Crippen LogP contribution in [0.5, 0.6) is 0 Å². The third-order valence-corrected chi connectivity index (χ3v) is 4.60. The Morgan fingerprint density at radius 2 is 1.64 bits per heavy atom. The Balaban J connectivity index is 2.13. The van der Waals surface area contributed by atoms with E-state index in [0.29, 0.717) is 28.1 Å². The van der Waals surface area contributed by atoms with Crippen LogP contribution in [0.1, 0.15) is 34.3 Å². The molecule has 2 aliphatic rings. The van der Waals surface area contributed by atoms with E-state index in [4.69, 9.17) is 11.5 Å². The first-order valence-electron chi connectivity index (χ1n) is 7.96. The lowest BCUT2D eigenvalue weighted by atomic mass is 9.81. The Kier molecular flexibility index (Phi) is 3.47. The number of nitrogen functional groups attached to an aromatic ring is 1. The Morgan fingerprint density at radius 3 is 2.29 bits per heavy atom. The molecule has 0 saturated carbocycles. The number of aromatic nitrogens is 2. The zero-order chi connectivity index (χ0) is 20.0. The lowest BCUT2D eigenvalue weighted by molar-refractivity contribution is 0.683. The Labute approximate surface area is 159 Å². The van der Waals surface area contributed by atoms with Crippen LogP contribution in [0.2, 0.25) is 0 Å². The standard InChI is InChI=1S/C19H9N9/c20-4-8-1-12-16-11(3-13(24)15(7-23)27-16)10-2-9(5-21)19(25)28-17(10)18(12)26-14(8)6-22/h1-3,17,28H,24-25H2. The summed E-state index contributed by atoms with van der Waals surface area (Å²) in [4.78, 5) is 8.69. The lowest BCUT2D eigenvalue weighted by Crippen LogP contribution is -2.33. The van der Waals surface area contributed by atoms with Gasteiger partial charge in [0.05, 0.1) is 34.3 Å². The molecule has 9 heteroatoms. The molecule has 0 radical (unpaired) electrons. The molecule has 0 aromatic carbocycles. The number of hydrogen-bond acceptors (Lipinski definition) is 9. The van der Waals surface area contributed by atoms with E-state index in [1.807, 2.05) is 24.3 Å². The van der Waals surface area contributed by atoms with Gasteiger partial charge in [0.15, 0.2) is 11.4 Å². The molecule has 9 nitrogen and oxygen atoms in total. The Hall–Kier alpha value is -4.86. The molecule has 0 amide bonds. The summed E-state index contributed by atoms with van der Waals surface area (Å²) in [6.07, 6.45) is 1.61. The fourth-order valence-electron chi connectivity index (χ4n) is 3.32. The van der Waals surface area contributed by atoms with Gasteiger partial charge in [-0.1, -0.05) is 0 Å². The molecular formula is C19H9N9. The second-order valence-electron chi connectivity index (χ2n) is 6.09. The first kappa shape index (κ1) is 16.6. The third kappa shape index (κ3) is 2.15. The average molecular weight is 363 g/mol. The predicted molar refractivity (Wildman–Crippen MR) is 96.7 cm³/mol. The van der Waals surface area contributed by atoms with Crippen molar-refractivity contribution in [2.45, 2.75) is 6.04 Å². The fourth-order valence-corrected chi connectivity index (χ4v) is 3.32. The molecule has 1 aliphatic carbocycles. The summed E-state index contributed by atoms with van der Waals surface area (Å²) in [7, 11) is 0. The summed E-state index contributed by atoms with van der Waals surface area (Å²) >= 11 is 0. The van der Waals surface area contributed by atoms with E-state index in [9.17, 15) is 21.0 Å². The van der Waals surface area contributed by atoms with E-state index in [0.717, 1.165) is 0 Å². The maximum Gasteiger partial charge on any atom is 0.164 e. The molecule has 1 aliphatic heterocycles. The van der Waals surface area contributed by atoms with Crippen molar-refractivity contribution in [1.29, 1.82) is 21.0 Å². The maximum atomic E-state index is 9.36. The van der Waals surface area contributed by atoms with Gasteiger partial charge >= 0.3 is 0 Å². The number of anilines is 1. The van der Waals surface area contributed by atoms with Crippen LogP contribution < -0.4 is 16.8 Å². The predicted octanol–water partition coefficient (Wildman–Crippen LogP) is 1.08. The summed E-state index contributed by atoms with van der Waals surface area (Å²) in [6, 6.07) is 10.4. The van der Waals surface area contributed by atoms with Gasteiger partial charge in [-0.3, -0.25) is 0 Å². The van der Waals surface area contributed by atoms with E-state index >= 15 is 0 Å². The van der Waals surface area contributed by atoms with Crippen LogP contribution in [-0.4, -0.2) is 9.97 Å². The number of fused-ring (bicyclic) bond motifs is 6. The fraction of sp³-hybridized carbons (Fsp3) is 0.0526. The highest BCUT2D eigenvalue weighted by atomic mass is 15.1. The molecule has 2 aromatic heterocycles. The molecule has 3 heterocycles. The lowest BCUT2D eigenvalue weighted by Gasteiger charge is -2.33. The van der Waals surface area contributed by atoms with E-state index in [1.54, 1.807) is 12.1 Å². The highest BCUT2D eigenvalue weighted by molar-refractivity contribution is 5.92. The van der Waals surface area contributed by atoms with Crippen LogP contribution >= 0.6 is 0 Å². The zero-order valence-corrected chi connectivity index (χ0v) is 14.1. The molecule has 28 heavy (non-hydrogen) atoms. The van der Waals surface area contributed by atoms with Gasteiger partial charge in [0, 0.05) is 11.1 Å². The number of dihydropyridines is 1. The maximum absolute atomic E-state index is 9.36. The topological polar surface area (TPSA) is 185 Å². The number of pyridine rings is 2. The third-order valence-electron chi connectivity index (χ3n) is 4.60. The summed E-state index contributed by atoms with van der Waals surface area (Å²) in [5, 5.41) is 40.4. The number of hydrogen-bond donors (Lipinski definition) is 3. The van der Waals surface area contributed by atoms with E-state index in [2.05, 4.69) is 15.3 Å². The van der Waals surface area contributed by atoms with Crippen LogP contribution in [0.15, 0.2) is 29.6 Å². The van der Waals surface area contributed by atoms with Gasteiger partial charge in [0.25, 0.3) is 0 Å². The Morgan fingerprint density at radius 1 is 0.893 bits per heavy atom. The molecule has 0 saturated heterocycles. The van der Waals surface area contributed by atoms with E-state index in [-0.39, 0.29) is 34.0 Å². The minimum absolute atomic E-state index is 0.0320. The van der Waals surface area contributed by atoms with E-state index < -0.39 is 6.04 Å². The molecule has 5 N–H and O–H groups in total. The molecule has 0 bridgehead atoms. The summed E-state index contributed by atoms with van der Waals surface area (Å²) in [5.74, 6) is 0.171. The monoisotopic (exact) mass is 363 g/mol. The van der Waals surface area contributed by atoms with Crippen molar-refractivity contribution in [3.63, 3.8) is 0 Å². The summed E-state index contributed by atoms with van der Waals surface area (Å²) in [6.45, 7) is 0. The highest BCUT2D eigenvalue weighted by Crippen LogP contribution is 2.47. The molecule has 1 unspecified atom stereocenters. The second-order valence-corrected chi connectivity index (χ2v) is 6.09. The highest BCUT2D eigenvalue weighted by Gasteiger charge is 2.36. The molecule has 1 atom stereocenters. The minimum Gasteiger partial charge on any atom is -0.396 e. The van der Waals surface area contributed by atoms with Gasteiger partial charge in [-0.15, -0.1) is 0 Å². The van der Waals surface area contributed by atoms with Crippen molar-refractivity contribution < 1.29 is 0 Å². The van der Waals surface area contributed by atoms with Crippen LogP contribution in [0, 0.1) is 45.3 Å². The van der Waals surface area contributed by atoms with Gasteiger partial charge in [-0.25, -0.2) is 9.97 Å². The minimum atomic E-state index is -0.562. The SMILES string of the molecule is N#CC1=C(N)NC2C(=C1)c1cc(N)c(C#N)nc1-c1cc(C#N)c(C#N)nc12. The van der Waals surface area contributed by atoms with Gasteiger partial charge in [0.2, 0.25) is 0 Å². The normalized spacial score (nSPS) is 16.0. The van der Waals surface area contributed by atoms with Crippen molar-refractivity contribution in [3.8, 4) is 35.5 Å². The van der Waals surface area contributed by atoms with Crippen molar-refractivity contribution in [2.75, 3.05) is 5.73 Å². The average Bonchev–Trinajstić information content (AvgIpc) is 2.72. The smallest absolute Gasteiger partial charge is 0.164 e. The van der Waals surface area contributed by atoms with Crippen LogP contribution in [-0.2, 0) is 0 Å². The van der Waals surface area contributed by atoms with Crippen LogP contribution in [0.25, 0.3) is 16.8 Å².